The summed E-state index contributed by atoms with van der Waals surface area (Å²) in [6, 6.07) is 7.14. The number of methoxy groups -OCH3 is 1. The van der Waals surface area contributed by atoms with Gasteiger partial charge in [0, 0.05) is 12.7 Å². The molecule has 0 unspecified atom stereocenters. The fourth-order valence-electron chi connectivity index (χ4n) is 2.29. The highest BCUT2D eigenvalue weighted by molar-refractivity contribution is 5.95. The minimum Gasteiger partial charge on any atom is -0.481 e. The number of nitrogens with one attached hydrogen (secondary N) is 1. The van der Waals surface area contributed by atoms with Crippen LogP contribution in [0.5, 0.6) is 0 Å². The summed E-state index contributed by atoms with van der Waals surface area (Å²) < 4.78 is 5.05. The molecule has 0 radical (unpaired) electrons. The predicted molar refractivity (Wildman–Crippen MR) is 80.2 cm³/mol. The lowest BCUT2D eigenvalue weighted by molar-refractivity contribution is -0.138. The van der Waals surface area contributed by atoms with Crippen LogP contribution in [0.4, 0.5) is 0 Å². The molecule has 0 bridgehead atoms. The number of hydrogen-bond donors (Lipinski definition) is 2. The van der Waals surface area contributed by atoms with Crippen molar-refractivity contribution in [1.29, 1.82) is 0 Å². The van der Waals surface area contributed by atoms with E-state index in [9.17, 15) is 9.59 Å². The molecule has 0 atom stereocenters. The third-order valence-corrected chi connectivity index (χ3v) is 3.72. The van der Waals surface area contributed by atoms with E-state index >= 15 is 0 Å². The van der Waals surface area contributed by atoms with Crippen LogP contribution in [0, 0.1) is 0 Å². The highest BCUT2D eigenvalue weighted by Crippen LogP contribution is 2.21. The van der Waals surface area contributed by atoms with Crippen LogP contribution in [0.3, 0.4) is 0 Å². The predicted octanol–water partition coefficient (Wildman–Crippen LogP) is 2.60. The van der Waals surface area contributed by atoms with Gasteiger partial charge in [0.15, 0.2) is 0 Å². The maximum absolute atomic E-state index is 12.4. The molecule has 0 heterocycles. The molecule has 0 aliphatic rings. The standard InChI is InChI=1S/C16H23NO4/c1-4-16(5-2,10-14(18)19)17-15(20)13-8-6-7-12(9-13)11-21-3/h6-9H,4-5,10-11H2,1-3H3,(H,17,20)(H,18,19). The third kappa shape index (κ3) is 4.86. The van der Waals surface area contributed by atoms with Crippen LogP contribution < -0.4 is 5.32 Å². The van der Waals surface area contributed by atoms with Crippen LogP contribution in [-0.2, 0) is 16.1 Å². The van der Waals surface area contributed by atoms with E-state index in [1.807, 2.05) is 19.9 Å². The quantitative estimate of drug-likeness (QED) is 0.772. The fraction of sp³-hybridized carbons (Fsp3) is 0.500. The molecule has 0 saturated carbocycles. The van der Waals surface area contributed by atoms with Gasteiger partial charge in [-0.25, -0.2) is 0 Å². The number of carbonyl (C=O) groups excluding carboxylic acids is 1. The minimum absolute atomic E-state index is 0.0799. The van der Waals surface area contributed by atoms with Crippen LogP contribution in [0.2, 0.25) is 0 Å². The highest BCUT2D eigenvalue weighted by atomic mass is 16.5. The summed E-state index contributed by atoms with van der Waals surface area (Å²) in [5, 5.41) is 11.9. The lowest BCUT2D eigenvalue weighted by Gasteiger charge is -2.31. The summed E-state index contributed by atoms with van der Waals surface area (Å²) in [5.41, 5.74) is 0.711. The molecule has 21 heavy (non-hydrogen) atoms. The Morgan fingerprint density at radius 2 is 1.95 bits per heavy atom. The van der Waals surface area contributed by atoms with Crippen LogP contribution >= 0.6 is 0 Å². The first-order valence-corrected chi connectivity index (χ1v) is 7.08. The average Bonchev–Trinajstić information content (AvgIpc) is 2.46. The molecule has 0 aliphatic heterocycles. The molecule has 1 aromatic rings. The van der Waals surface area contributed by atoms with Crippen molar-refractivity contribution in [3.63, 3.8) is 0 Å². The van der Waals surface area contributed by atoms with E-state index in [4.69, 9.17) is 9.84 Å². The van der Waals surface area contributed by atoms with Crippen molar-refractivity contribution in [2.45, 2.75) is 45.3 Å². The van der Waals surface area contributed by atoms with Crippen molar-refractivity contribution < 1.29 is 19.4 Å². The number of amides is 1. The number of aliphatic carboxylic acids is 1. The summed E-state index contributed by atoms with van der Waals surface area (Å²) in [4.78, 5) is 23.4. The topological polar surface area (TPSA) is 75.6 Å². The Balaban J connectivity index is 2.91. The van der Waals surface area contributed by atoms with E-state index in [0.717, 1.165) is 5.56 Å². The van der Waals surface area contributed by atoms with Gasteiger partial charge in [0.25, 0.3) is 5.91 Å². The molecule has 0 saturated heterocycles. The SMILES string of the molecule is CCC(CC)(CC(=O)O)NC(=O)c1cccc(COC)c1. The molecule has 2 N–H and O–H groups in total. The second-order valence-corrected chi connectivity index (χ2v) is 5.15. The van der Waals surface area contributed by atoms with E-state index in [0.29, 0.717) is 25.0 Å². The average molecular weight is 293 g/mol. The van der Waals surface area contributed by atoms with Gasteiger partial charge in [0.1, 0.15) is 0 Å². The van der Waals surface area contributed by atoms with E-state index in [1.165, 1.54) is 0 Å². The van der Waals surface area contributed by atoms with Gasteiger partial charge in [-0.2, -0.15) is 0 Å². The van der Waals surface area contributed by atoms with E-state index < -0.39 is 11.5 Å². The van der Waals surface area contributed by atoms with Crippen molar-refractivity contribution in [3.05, 3.63) is 35.4 Å². The minimum atomic E-state index is -0.910. The van der Waals surface area contributed by atoms with E-state index in [2.05, 4.69) is 5.32 Å². The molecule has 5 heteroatoms. The molecule has 1 amide bonds. The number of carbonyl (C=O) groups is 2. The Hall–Kier alpha value is -1.88. The van der Waals surface area contributed by atoms with Crippen molar-refractivity contribution >= 4 is 11.9 Å². The van der Waals surface area contributed by atoms with Gasteiger partial charge < -0.3 is 15.2 Å². The number of benzene rings is 1. The van der Waals surface area contributed by atoms with Crippen LogP contribution in [-0.4, -0.2) is 29.6 Å². The molecule has 1 rings (SSSR count). The van der Waals surface area contributed by atoms with Gasteiger partial charge in [-0.15, -0.1) is 0 Å². The summed E-state index contributed by atoms with van der Waals surface area (Å²) in [7, 11) is 1.60. The maximum Gasteiger partial charge on any atom is 0.305 e. The highest BCUT2D eigenvalue weighted by Gasteiger charge is 2.31. The lowest BCUT2D eigenvalue weighted by atomic mass is 9.88. The van der Waals surface area contributed by atoms with Gasteiger partial charge in [0.2, 0.25) is 0 Å². The molecule has 116 valence electrons. The second-order valence-electron chi connectivity index (χ2n) is 5.15. The van der Waals surface area contributed by atoms with E-state index in [1.54, 1.807) is 25.3 Å². The molecule has 0 aliphatic carbocycles. The Morgan fingerprint density at radius 1 is 1.29 bits per heavy atom. The van der Waals surface area contributed by atoms with Crippen molar-refractivity contribution in [2.75, 3.05) is 7.11 Å². The van der Waals surface area contributed by atoms with Crippen LogP contribution in [0.25, 0.3) is 0 Å². The monoisotopic (exact) mass is 293 g/mol. The largest absolute Gasteiger partial charge is 0.481 e. The zero-order valence-corrected chi connectivity index (χ0v) is 12.8. The summed E-state index contributed by atoms with van der Waals surface area (Å²) in [6.07, 6.45) is 1.06. The number of ether oxygens (including phenoxy) is 1. The first-order chi connectivity index (χ1) is 9.96. The zero-order valence-electron chi connectivity index (χ0n) is 12.8. The van der Waals surface area contributed by atoms with Crippen LogP contribution in [0.15, 0.2) is 24.3 Å². The normalized spacial score (nSPS) is 11.2. The molecule has 0 aromatic heterocycles. The molecular weight excluding hydrogens is 270 g/mol. The van der Waals surface area contributed by atoms with Gasteiger partial charge in [0.05, 0.1) is 18.6 Å². The molecule has 0 fully saturated rings. The van der Waals surface area contributed by atoms with Crippen LogP contribution in [0.1, 0.15) is 49.0 Å². The van der Waals surface area contributed by atoms with E-state index in [-0.39, 0.29) is 12.3 Å². The number of carboxylic acid groups (broad SMARTS) is 1. The zero-order chi connectivity index (χ0) is 15.9. The molecule has 5 nitrogen and oxygen atoms in total. The summed E-state index contributed by atoms with van der Waals surface area (Å²) in [6.45, 7) is 4.20. The first kappa shape index (κ1) is 17.2. The molecule has 0 spiro atoms. The summed E-state index contributed by atoms with van der Waals surface area (Å²) in [5.74, 6) is -1.16. The third-order valence-electron chi connectivity index (χ3n) is 3.72. The van der Waals surface area contributed by atoms with Gasteiger partial charge in [-0.05, 0) is 30.5 Å². The van der Waals surface area contributed by atoms with Crippen molar-refractivity contribution in [2.24, 2.45) is 0 Å². The molecular formula is C16H23NO4. The van der Waals surface area contributed by atoms with Gasteiger partial charge >= 0.3 is 5.97 Å². The van der Waals surface area contributed by atoms with Gasteiger partial charge in [-0.1, -0.05) is 26.0 Å². The van der Waals surface area contributed by atoms with Crippen molar-refractivity contribution in [1.82, 2.24) is 5.32 Å². The number of hydrogen-bond acceptors (Lipinski definition) is 3. The Morgan fingerprint density at radius 3 is 2.48 bits per heavy atom. The van der Waals surface area contributed by atoms with Gasteiger partial charge in [-0.3, -0.25) is 9.59 Å². The fourth-order valence-corrected chi connectivity index (χ4v) is 2.29. The first-order valence-electron chi connectivity index (χ1n) is 7.08. The Labute approximate surface area is 125 Å². The van der Waals surface area contributed by atoms with Crippen molar-refractivity contribution in [3.8, 4) is 0 Å². The lowest BCUT2D eigenvalue weighted by Crippen LogP contribution is -2.49. The second kappa shape index (κ2) is 7.78. The Bertz CT molecular complexity index is 495. The molecule has 1 aromatic carbocycles. The Kier molecular flexibility index (Phi) is 6.37. The number of carboxylic acids is 1. The smallest absolute Gasteiger partial charge is 0.305 e. The summed E-state index contributed by atoms with van der Waals surface area (Å²) >= 11 is 0. The maximum atomic E-state index is 12.4. The number of rotatable bonds is 8.